The minimum atomic E-state index is 0.694. The molecule has 0 radical (unpaired) electrons. The van der Waals surface area contributed by atoms with E-state index in [0.717, 1.165) is 34.0 Å². The Labute approximate surface area is 103 Å². The Morgan fingerprint density at radius 3 is 3.00 bits per heavy atom. The summed E-state index contributed by atoms with van der Waals surface area (Å²) in [5.74, 6) is 0. The number of anilines is 2. The number of hydrogen-bond acceptors (Lipinski definition) is 3. The van der Waals surface area contributed by atoms with Gasteiger partial charge in [0.05, 0.1) is 23.1 Å². The Hall–Kier alpha value is -1.29. The molecule has 3 N–H and O–H groups in total. The summed E-state index contributed by atoms with van der Waals surface area (Å²) in [5, 5.41) is 4.41. The number of rotatable bonds is 3. The second-order valence-electron chi connectivity index (χ2n) is 3.68. The normalized spacial score (nSPS) is 10.6. The number of hydrogen-bond donors (Lipinski definition) is 2. The minimum Gasteiger partial charge on any atom is -0.396 e. The predicted octanol–water partition coefficient (Wildman–Crippen LogP) is 3.40. The Morgan fingerprint density at radius 1 is 1.44 bits per heavy atom. The molecule has 2 rings (SSSR count). The first-order valence-electron chi connectivity index (χ1n) is 5.30. The average molecular weight is 280 g/mol. The first-order valence-corrected chi connectivity index (χ1v) is 6.09. The summed E-state index contributed by atoms with van der Waals surface area (Å²) in [4.78, 5) is 4.30. The third-order valence-corrected chi connectivity index (χ3v) is 2.90. The number of aromatic nitrogens is 1. The zero-order valence-electron chi connectivity index (χ0n) is 9.13. The highest BCUT2D eigenvalue weighted by molar-refractivity contribution is 9.10. The van der Waals surface area contributed by atoms with Crippen molar-refractivity contribution in [1.82, 2.24) is 4.98 Å². The van der Waals surface area contributed by atoms with E-state index >= 15 is 0 Å². The minimum absolute atomic E-state index is 0.694. The lowest BCUT2D eigenvalue weighted by Gasteiger charge is -2.11. The van der Waals surface area contributed by atoms with E-state index in [0.29, 0.717) is 5.69 Å². The van der Waals surface area contributed by atoms with Gasteiger partial charge in [-0.25, -0.2) is 0 Å². The smallest absolute Gasteiger partial charge is 0.0743 e. The van der Waals surface area contributed by atoms with Crippen LogP contribution in [0.3, 0.4) is 0 Å². The molecule has 1 heterocycles. The molecule has 84 valence electrons. The van der Waals surface area contributed by atoms with Gasteiger partial charge in [0, 0.05) is 16.4 Å². The zero-order valence-corrected chi connectivity index (χ0v) is 10.7. The molecule has 0 unspecified atom stereocenters. The van der Waals surface area contributed by atoms with Gasteiger partial charge in [0.1, 0.15) is 0 Å². The van der Waals surface area contributed by atoms with Crippen LogP contribution in [0.2, 0.25) is 0 Å². The Kier molecular flexibility index (Phi) is 3.29. The van der Waals surface area contributed by atoms with Crippen LogP contribution in [-0.2, 0) is 0 Å². The summed E-state index contributed by atoms with van der Waals surface area (Å²) < 4.78 is 1.03. The molecule has 0 aliphatic carbocycles. The molecular weight excluding hydrogens is 266 g/mol. The Bertz CT molecular complexity index is 506. The monoisotopic (exact) mass is 279 g/mol. The van der Waals surface area contributed by atoms with Crippen molar-refractivity contribution in [3.8, 4) is 0 Å². The van der Waals surface area contributed by atoms with Gasteiger partial charge in [0.15, 0.2) is 0 Å². The molecule has 0 spiro atoms. The van der Waals surface area contributed by atoms with Crippen LogP contribution in [0.25, 0.3) is 10.9 Å². The van der Waals surface area contributed by atoms with E-state index in [-0.39, 0.29) is 0 Å². The van der Waals surface area contributed by atoms with Gasteiger partial charge in [-0.1, -0.05) is 22.9 Å². The number of nitrogens with two attached hydrogens (primary N) is 1. The van der Waals surface area contributed by atoms with Gasteiger partial charge in [-0.2, -0.15) is 0 Å². The Morgan fingerprint density at radius 2 is 2.25 bits per heavy atom. The van der Waals surface area contributed by atoms with E-state index in [4.69, 9.17) is 5.73 Å². The summed E-state index contributed by atoms with van der Waals surface area (Å²) in [6.07, 6.45) is 2.77. The fourth-order valence-corrected chi connectivity index (χ4v) is 1.99. The van der Waals surface area contributed by atoms with Crippen molar-refractivity contribution in [2.24, 2.45) is 0 Å². The first-order chi connectivity index (χ1) is 7.72. The molecule has 0 amide bonds. The summed E-state index contributed by atoms with van der Waals surface area (Å²) >= 11 is 3.46. The summed E-state index contributed by atoms with van der Waals surface area (Å²) in [5.41, 5.74) is 8.57. The highest BCUT2D eigenvalue weighted by atomic mass is 79.9. The molecule has 0 fully saturated rings. The number of nitrogens with zero attached hydrogens (tertiary/aromatic N) is 1. The summed E-state index contributed by atoms with van der Waals surface area (Å²) in [6, 6.07) is 6.00. The summed E-state index contributed by atoms with van der Waals surface area (Å²) in [6.45, 7) is 3.04. The van der Waals surface area contributed by atoms with E-state index in [9.17, 15) is 0 Å². The third-order valence-electron chi connectivity index (χ3n) is 2.41. The van der Waals surface area contributed by atoms with Crippen LogP contribution in [0.1, 0.15) is 13.3 Å². The van der Waals surface area contributed by atoms with Crippen LogP contribution in [0, 0.1) is 0 Å². The average Bonchev–Trinajstić information content (AvgIpc) is 2.28. The number of pyridine rings is 1. The predicted molar refractivity (Wildman–Crippen MR) is 72.6 cm³/mol. The van der Waals surface area contributed by atoms with E-state index in [1.807, 2.05) is 18.2 Å². The van der Waals surface area contributed by atoms with Crippen LogP contribution >= 0.6 is 15.9 Å². The van der Waals surface area contributed by atoms with Crippen LogP contribution in [0.5, 0.6) is 0 Å². The standard InChI is InChI=1S/C12H14BrN3/c1-2-5-15-12-9-6-8(13)3-4-11(9)16-7-10(12)14/h3-4,6-7H,2,5,14H2,1H3,(H,15,16). The first kappa shape index (κ1) is 11.2. The molecule has 4 heteroatoms. The lowest BCUT2D eigenvalue weighted by atomic mass is 10.1. The van der Waals surface area contributed by atoms with Gasteiger partial charge >= 0.3 is 0 Å². The number of nitrogens with one attached hydrogen (secondary N) is 1. The van der Waals surface area contributed by atoms with Gasteiger partial charge in [0.25, 0.3) is 0 Å². The van der Waals surface area contributed by atoms with Gasteiger partial charge in [-0.05, 0) is 24.6 Å². The number of fused-ring (bicyclic) bond motifs is 1. The molecule has 1 aromatic heterocycles. The number of halogens is 1. The molecule has 0 aliphatic heterocycles. The zero-order chi connectivity index (χ0) is 11.5. The molecule has 0 saturated carbocycles. The molecule has 3 nitrogen and oxygen atoms in total. The van der Waals surface area contributed by atoms with E-state index in [2.05, 4.69) is 33.2 Å². The van der Waals surface area contributed by atoms with E-state index < -0.39 is 0 Å². The molecule has 0 bridgehead atoms. The topological polar surface area (TPSA) is 50.9 Å². The molecular formula is C12H14BrN3. The molecule has 2 aromatic rings. The van der Waals surface area contributed by atoms with Crippen LogP contribution in [0.4, 0.5) is 11.4 Å². The van der Waals surface area contributed by atoms with Crippen molar-refractivity contribution in [2.75, 3.05) is 17.6 Å². The molecule has 16 heavy (non-hydrogen) atoms. The van der Waals surface area contributed by atoms with Crippen molar-refractivity contribution in [1.29, 1.82) is 0 Å². The fourth-order valence-electron chi connectivity index (χ4n) is 1.63. The second-order valence-corrected chi connectivity index (χ2v) is 4.59. The lowest BCUT2D eigenvalue weighted by Crippen LogP contribution is -2.04. The number of benzene rings is 1. The lowest BCUT2D eigenvalue weighted by molar-refractivity contribution is 0.981. The van der Waals surface area contributed by atoms with Gasteiger partial charge < -0.3 is 11.1 Å². The fraction of sp³-hybridized carbons (Fsp3) is 0.250. The van der Waals surface area contributed by atoms with Crippen LogP contribution in [-0.4, -0.2) is 11.5 Å². The van der Waals surface area contributed by atoms with E-state index in [1.165, 1.54) is 0 Å². The maximum absolute atomic E-state index is 5.94. The van der Waals surface area contributed by atoms with E-state index in [1.54, 1.807) is 6.20 Å². The highest BCUT2D eigenvalue weighted by Crippen LogP contribution is 2.29. The van der Waals surface area contributed by atoms with Crippen molar-refractivity contribution < 1.29 is 0 Å². The van der Waals surface area contributed by atoms with Crippen LogP contribution in [0.15, 0.2) is 28.9 Å². The summed E-state index contributed by atoms with van der Waals surface area (Å²) in [7, 11) is 0. The number of nitrogen functional groups attached to an aromatic ring is 1. The third kappa shape index (κ3) is 2.11. The van der Waals surface area contributed by atoms with Gasteiger partial charge in [0.2, 0.25) is 0 Å². The highest BCUT2D eigenvalue weighted by Gasteiger charge is 2.06. The largest absolute Gasteiger partial charge is 0.396 e. The second kappa shape index (κ2) is 4.70. The quantitative estimate of drug-likeness (QED) is 0.906. The maximum atomic E-state index is 5.94. The van der Waals surface area contributed by atoms with Crippen molar-refractivity contribution in [3.05, 3.63) is 28.9 Å². The maximum Gasteiger partial charge on any atom is 0.0743 e. The van der Waals surface area contributed by atoms with Crippen molar-refractivity contribution >= 4 is 38.2 Å². The van der Waals surface area contributed by atoms with Gasteiger partial charge in [-0.15, -0.1) is 0 Å². The van der Waals surface area contributed by atoms with Crippen molar-refractivity contribution in [2.45, 2.75) is 13.3 Å². The Balaban J connectivity index is 2.58. The molecule has 0 aliphatic rings. The molecule has 0 atom stereocenters. The molecule has 0 saturated heterocycles. The van der Waals surface area contributed by atoms with Gasteiger partial charge in [-0.3, -0.25) is 4.98 Å². The SMILES string of the molecule is CCCNc1c(N)cnc2ccc(Br)cc12. The van der Waals surface area contributed by atoms with Crippen molar-refractivity contribution in [3.63, 3.8) is 0 Å². The molecule has 1 aromatic carbocycles. The van der Waals surface area contributed by atoms with Crippen LogP contribution < -0.4 is 11.1 Å².